The summed E-state index contributed by atoms with van der Waals surface area (Å²) in [7, 11) is 0. The number of amides is 2. The maximum absolute atomic E-state index is 13.0. The minimum Gasteiger partial charge on any atom is -0.450 e. The van der Waals surface area contributed by atoms with Crippen molar-refractivity contribution in [3.05, 3.63) is 20.4 Å². The van der Waals surface area contributed by atoms with Crippen LogP contribution in [0.5, 0.6) is 0 Å². The maximum atomic E-state index is 13.0. The van der Waals surface area contributed by atoms with Crippen LogP contribution >= 0.6 is 0 Å². The average Bonchev–Trinajstić information content (AvgIpc) is 2.86. The molecule has 1 aromatic rings. The van der Waals surface area contributed by atoms with Gasteiger partial charge in [0.1, 0.15) is 11.4 Å². The average molecular weight is 461 g/mol. The number of rotatable bonds is 6. The highest BCUT2D eigenvalue weighted by atomic mass is 16.6. The minimum absolute atomic E-state index is 0.0328. The molecule has 182 valence electrons. The van der Waals surface area contributed by atoms with Gasteiger partial charge in [-0.3, -0.25) is 14.4 Å². The Kier molecular flexibility index (Phi) is 7.55. The lowest BCUT2D eigenvalue weighted by atomic mass is 9.81. The second-order valence-electron chi connectivity index (χ2n) is 9.54. The normalized spacial score (nSPS) is 24.1. The van der Waals surface area contributed by atoms with Crippen molar-refractivity contribution in [1.82, 2.24) is 9.80 Å². The second-order valence-corrected chi connectivity index (χ2v) is 9.54. The molecule has 3 fully saturated rings. The van der Waals surface area contributed by atoms with Gasteiger partial charge >= 0.3 is 6.09 Å². The third-order valence-corrected chi connectivity index (χ3v) is 7.44. The van der Waals surface area contributed by atoms with Crippen LogP contribution in [0.3, 0.4) is 0 Å². The number of carbonyl (C=O) groups excluding carboxylic acids is 2. The fraction of sp³-hybridized carbons (Fsp3) is 0.750. The molecule has 9 nitrogen and oxygen atoms in total. The lowest BCUT2D eigenvalue weighted by molar-refractivity contribution is -0.138. The summed E-state index contributed by atoms with van der Waals surface area (Å²) in [5.74, 6) is 0.624. The maximum Gasteiger partial charge on any atom is 0.409 e. The highest BCUT2D eigenvalue weighted by Gasteiger charge is 2.33. The Morgan fingerprint density at radius 1 is 0.879 bits per heavy atom. The summed E-state index contributed by atoms with van der Waals surface area (Å²) in [5.41, 5.74) is 0.350. The third-order valence-electron chi connectivity index (χ3n) is 7.44. The molecule has 3 aliphatic rings. The summed E-state index contributed by atoms with van der Waals surface area (Å²) in [6.07, 6.45) is 6.55. The third kappa shape index (κ3) is 5.17. The molecule has 0 spiro atoms. The van der Waals surface area contributed by atoms with E-state index in [4.69, 9.17) is 4.74 Å². The quantitative estimate of drug-likeness (QED) is 0.646. The molecule has 33 heavy (non-hydrogen) atoms. The number of anilines is 2. The highest BCUT2D eigenvalue weighted by molar-refractivity contribution is 5.79. The van der Waals surface area contributed by atoms with Gasteiger partial charge in [-0.05, 0) is 57.8 Å². The molecule has 9 heteroatoms. The van der Waals surface area contributed by atoms with Gasteiger partial charge < -0.3 is 24.8 Å². The van der Waals surface area contributed by atoms with Gasteiger partial charge in [0.25, 0.3) is 10.9 Å². The number of nitrogens with zero attached hydrogens (tertiary/aromatic N) is 3. The molecule has 1 N–H and O–H groups in total. The molecule has 0 radical (unpaired) electrons. The van der Waals surface area contributed by atoms with Crippen LogP contribution in [0.25, 0.3) is 0 Å². The van der Waals surface area contributed by atoms with E-state index in [1.807, 2.05) is 4.90 Å². The number of hydrogen-bond acceptors (Lipinski definition) is 7. The molecule has 2 saturated heterocycles. The predicted octanol–water partition coefficient (Wildman–Crippen LogP) is 1.79. The zero-order valence-electron chi connectivity index (χ0n) is 19.6. The molecule has 4 rings (SSSR count). The fourth-order valence-corrected chi connectivity index (χ4v) is 5.41. The molecule has 2 heterocycles. The molecule has 1 aliphatic carbocycles. The van der Waals surface area contributed by atoms with E-state index in [9.17, 15) is 19.2 Å². The van der Waals surface area contributed by atoms with Crippen LogP contribution in [0, 0.1) is 11.8 Å². The van der Waals surface area contributed by atoms with Crippen molar-refractivity contribution in [2.24, 2.45) is 11.8 Å². The Morgan fingerprint density at radius 2 is 1.52 bits per heavy atom. The van der Waals surface area contributed by atoms with Gasteiger partial charge in [0.15, 0.2) is 0 Å². The van der Waals surface area contributed by atoms with Crippen LogP contribution in [0.4, 0.5) is 16.2 Å². The van der Waals surface area contributed by atoms with E-state index in [1.54, 1.807) is 11.8 Å². The Balaban J connectivity index is 1.21. The van der Waals surface area contributed by atoms with Gasteiger partial charge in [-0.15, -0.1) is 0 Å². The van der Waals surface area contributed by atoms with Crippen LogP contribution < -0.4 is 21.1 Å². The van der Waals surface area contributed by atoms with Crippen LogP contribution in [0.1, 0.15) is 51.9 Å². The van der Waals surface area contributed by atoms with Gasteiger partial charge in [0.05, 0.1) is 6.61 Å². The Hall–Kier alpha value is -2.58. The SMILES string of the molecule is CCOC(=O)N1CCN(C(=O)C2CCC(CNc3c(N4CCCCC4)c(=O)c3=O)CC2)CC1. The topological polar surface area (TPSA) is 99.3 Å². The highest BCUT2D eigenvalue weighted by Crippen LogP contribution is 2.31. The molecular weight excluding hydrogens is 424 g/mol. The molecular formula is C24H36N4O5. The summed E-state index contributed by atoms with van der Waals surface area (Å²) >= 11 is 0. The first kappa shape index (κ1) is 23.6. The van der Waals surface area contributed by atoms with Crippen LogP contribution in [0.15, 0.2) is 9.59 Å². The van der Waals surface area contributed by atoms with E-state index in [0.717, 1.165) is 51.6 Å². The second kappa shape index (κ2) is 10.6. The Bertz CT molecular complexity index is 903. The summed E-state index contributed by atoms with van der Waals surface area (Å²) in [6.45, 7) is 6.67. The van der Waals surface area contributed by atoms with Crippen molar-refractivity contribution < 1.29 is 14.3 Å². The standard InChI is InChI=1S/C24H36N4O5/c1-2-33-24(32)28-14-12-27(13-15-28)23(31)18-8-6-17(7-9-18)16-25-19-20(22(30)21(19)29)26-10-4-3-5-11-26/h17-18,25H,2-16H2,1H3. The van der Waals surface area contributed by atoms with Gasteiger partial charge in [-0.2, -0.15) is 0 Å². The molecule has 0 bridgehead atoms. The largest absolute Gasteiger partial charge is 0.450 e. The monoisotopic (exact) mass is 460 g/mol. The van der Waals surface area contributed by atoms with Gasteiger partial charge in [0, 0.05) is 51.7 Å². The summed E-state index contributed by atoms with van der Waals surface area (Å²) in [4.78, 5) is 54.7. The number of piperidine rings is 1. The van der Waals surface area contributed by atoms with Crippen molar-refractivity contribution in [2.75, 3.05) is 62.6 Å². The molecule has 2 amide bonds. The first-order chi connectivity index (χ1) is 16.0. The van der Waals surface area contributed by atoms with Crippen molar-refractivity contribution in [3.63, 3.8) is 0 Å². The summed E-state index contributed by atoms with van der Waals surface area (Å²) in [6, 6.07) is 0. The van der Waals surface area contributed by atoms with Crippen molar-refractivity contribution in [1.29, 1.82) is 0 Å². The van der Waals surface area contributed by atoms with E-state index in [-0.39, 0.29) is 28.8 Å². The Morgan fingerprint density at radius 3 is 2.15 bits per heavy atom. The lowest BCUT2D eigenvalue weighted by Crippen LogP contribution is -2.52. The van der Waals surface area contributed by atoms with Crippen molar-refractivity contribution in [3.8, 4) is 0 Å². The number of hydrogen-bond donors (Lipinski definition) is 1. The number of carbonyl (C=O) groups is 2. The van der Waals surface area contributed by atoms with E-state index < -0.39 is 0 Å². The van der Waals surface area contributed by atoms with E-state index in [0.29, 0.717) is 56.6 Å². The molecule has 0 atom stereocenters. The molecule has 2 aliphatic heterocycles. The predicted molar refractivity (Wildman–Crippen MR) is 127 cm³/mol. The van der Waals surface area contributed by atoms with Crippen LogP contribution in [0.2, 0.25) is 0 Å². The molecule has 0 unspecified atom stereocenters. The summed E-state index contributed by atoms with van der Waals surface area (Å²) in [5, 5.41) is 3.27. The number of piperazine rings is 1. The minimum atomic E-state index is -0.388. The van der Waals surface area contributed by atoms with E-state index in [1.165, 1.54) is 6.42 Å². The molecule has 1 saturated carbocycles. The van der Waals surface area contributed by atoms with Gasteiger partial charge in [-0.1, -0.05) is 0 Å². The van der Waals surface area contributed by atoms with Crippen molar-refractivity contribution in [2.45, 2.75) is 51.9 Å². The summed E-state index contributed by atoms with van der Waals surface area (Å²) < 4.78 is 5.04. The van der Waals surface area contributed by atoms with E-state index >= 15 is 0 Å². The van der Waals surface area contributed by atoms with Crippen LogP contribution in [-0.2, 0) is 9.53 Å². The molecule has 0 aromatic heterocycles. The zero-order chi connectivity index (χ0) is 23.4. The first-order valence-corrected chi connectivity index (χ1v) is 12.5. The number of nitrogens with one attached hydrogen (secondary N) is 1. The van der Waals surface area contributed by atoms with Crippen LogP contribution in [-0.4, -0.2) is 74.2 Å². The first-order valence-electron chi connectivity index (χ1n) is 12.5. The number of ether oxygens (including phenoxy) is 1. The zero-order valence-corrected chi connectivity index (χ0v) is 19.6. The van der Waals surface area contributed by atoms with E-state index in [2.05, 4.69) is 10.2 Å². The smallest absolute Gasteiger partial charge is 0.409 e. The van der Waals surface area contributed by atoms with Crippen molar-refractivity contribution >= 4 is 23.4 Å². The fourth-order valence-electron chi connectivity index (χ4n) is 5.41. The van der Waals surface area contributed by atoms with Gasteiger partial charge in [-0.25, -0.2) is 4.79 Å². The lowest BCUT2D eigenvalue weighted by Gasteiger charge is -2.37. The van der Waals surface area contributed by atoms with Gasteiger partial charge in [0.2, 0.25) is 5.91 Å². The molecule has 1 aromatic carbocycles. The Labute approximate surface area is 194 Å².